The molecule has 4 rings (SSSR count). The zero-order chi connectivity index (χ0) is 18.3. The lowest BCUT2D eigenvalue weighted by molar-refractivity contribution is 0.0994. The average molecular weight is 409 g/mol. The van der Waals surface area contributed by atoms with Crippen molar-refractivity contribution in [2.24, 2.45) is 10.2 Å². The van der Waals surface area contributed by atoms with Crippen molar-refractivity contribution in [1.29, 1.82) is 0 Å². The Bertz CT molecular complexity index is 1200. The smallest absolute Gasteiger partial charge is 0.297 e. The first-order chi connectivity index (χ1) is 12.5. The van der Waals surface area contributed by atoms with E-state index in [2.05, 4.69) is 36.1 Å². The molecule has 0 fully saturated rings. The second-order valence-corrected chi connectivity index (χ2v) is 6.66. The van der Waals surface area contributed by atoms with Crippen LogP contribution in [-0.2, 0) is 0 Å². The SMILES string of the molecule is Cc1nc2ccccc2cc1C(=O)N=Nc1c(O)[nH]c2c(Br)cccc12. The average Bonchev–Trinajstić information content (AvgIpc) is 2.96. The number of carbonyl (C=O) groups excluding carboxylic acids is 1. The Kier molecular flexibility index (Phi) is 4.00. The Morgan fingerprint density at radius 3 is 2.85 bits per heavy atom. The zero-order valence-corrected chi connectivity index (χ0v) is 15.3. The molecule has 26 heavy (non-hydrogen) atoms. The van der Waals surface area contributed by atoms with Crippen molar-refractivity contribution in [2.45, 2.75) is 6.92 Å². The summed E-state index contributed by atoms with van der Waals surface area (Å²) in [6.07, 6.45) is 0. The summed E-state index contributed by atoms with van der Waals surface area (Å²) in [6, 6.07) is 14.8. The van der Waals surface area contributed by atoms with E-state index in [0.717, 1.165) is 15.4 Å². The number of pyridine rings is 1. The van der Waals surface area contributed by atoms with E-state index >= 15 is 0 Å². The number of fused-ring (bicyclic) bond motifs is 2. The fraction of sp³-hybridized carbons (Fsp3) is 0.0526. The fourth-order valence-corrected chi connectivity index (χ4v) is 3.30. The molecule has 2 aromatic heterocycles. The molecule has 7 heteroatoms. The Hall–Kier alpha value is -3.06. The van der Waals surface area contributed by atoms with Crippen LogP contribution in [-0.4, -0.2) is 21.0 Å². The molecule has 2 N–H and O–H groups in total. The van der Waals surface area contributed by atoms with Gasteiger partial charge in [-0.2, -0.15) is 0 Å². The molecule has 0 radical (unpaired) electrons. The first-order valence-corrected chi connectivity index (χ1v) is 8.65. The lowest BCUT2D eigenvalue weighted by Gasteiger charge is -2.03. The highest BCUT2D eigenvalue weighted by Crippen LogP contribution is 2.38. The molecule has 0 atom stereocenters. The van der Waals surface area contributed by atoms with E-state index in [-0.39, 0.29) is 11.6 Å². The van der Waals surface area contributed by atoms with Crippen molar-refractivity contribution in [3.8, 4) is 5.88 Å². The maximum Gasteiger partial charge on any atom is 0.297 e. The molecule has 0 unspecified atom stereocenters. The number of benzene rings is 2. The van der Waals surface area contributed by atoms with Crippen molar-refractivity contribution in [2.75, 3.05) is 0 Å². The number of halogens is 1. The Labute approximate surface area is 156 Å². The van der Waals surface area contributed by atoms with Crippen LogP contribution in [0, 0.1) is 6.92 Å². The van der Waals surface area contributed by atoms with E-state index in [1.54, 1.807) is 19.1 Å². The van der Waals surface area contributed by atoms with Gasteiger partial charge in [-0.3, -0.25) is 9.78 Å². The van der Waals surface area contributed by atoms with Gasteiger partial charge >= 0.3 is 0 Å². The van der Waals surface area contributed by atoms with Crippen molar-refractivity contribution in [1.82, 2.24) is 9.97 Å². The van der Waals surface area contributed by atoms with Gasteiger partial charge in [0.05, 0.1) is 22.3 Å². The number of rotatable bonds is 2. The third-order valence-electron chi connectivity index (χ3n) is 4.12. The molecule has 128 valence electrons. The first kappa shape index (κ1) is 16.4. The van der Waals surface area contributed by atoms with E-state index in [1.807, 2.05) is 36.4 Å². The minimum Gasteiger partial charge on any atom is -0.493 e. The Morgan fingerprint density at radius 1 is 1.19 bits per heavy atom. The van der Waals surface area contributed by atoms with Crippen LogP contribution in [0.3, 0.4) is 0 Å². The number of aromatic amines is 1. The lowest BCUT2D eigenvalue weighted by atomic mass is 10.1. The minimum atomic E-state index is -0.510. The molecular formula is C19H13BrN4O2. The molecule has 0 bridgehead atoms. The van der Waals surface area contributed by atoms with Gasteiger partial charge in [-0.25, -0.2) is 0 Å². The van der Waals surface area contributed by atoms with Gasteiger partial charge in [-0.15, -0.1) is 10.2 Å². The molecule has 6 nitrogen and oxygen atoms in total. The number of azo groups is 1. The highest BCUT2D eigenvalue weighted by Gasteiger charge is 2.15. The van der Waals surface area contributed by atoms with Gasteiger partial charge < -0.3 is 10.1 Å². The van der Waals surface area contributed by atoms with Gasteiger partial charge in [-0.05, 0) is 41.1 Å². The second-order valence-electron chi connectivity index (χ2n) is 5.80. The minimum absolute atomic E-state index is 0.142. The summed E-state index contributed by atoms with van der Waals surface area (Å²) in [7, 11) is 0. The van der Waals surface area contributed by atoms with Crippen LogP contribution in [0.25, 0.3) is 21.8 Å². The zero-order valence-electron chi connectivity index (χ0n) is 13.7. The number of H-pyrrole nitrogens is 1. The highest BCUT2D eigenvalue weighted by molar-refractivity contribution is 9.10. The summed E-state index contributed by atoms with van der Waals surface area (Å²) in [6.45, 7) is 1.76. The van der Waals surface area contributed by atoms with E-state index in [0.29, 0.717) is 22.2 Å². The molecule has 0 aliphatic heterocycles. The number of aromatic hydroxyl groups is 1. The topological polar surface area (TPSA) is 90.7 Å². The molecule has 0 saturated carbocycles. The van der Waals surface area contributed by atoms with E-state index in [1.165, 1.54) is 0 Å². The number of aromatic nitrogens is 2. The fourth-order valence-electron chi connectivity index (χ4n) is 2.83. The van der Waals surface area contributed by atoms with Crippen LogP contribution in [0.1, 0.15) is 16.1 Å². The van der Waals surface area contributed by atoms with Gasteiger partial charge in [-0.1, -0.05) is 30.3 Å². The number of nitrogens with zero attached hydrogens (tertiary/aromatic N) is 3. The summed E-state index contributed by atoms with van der Waals surface area (Å²) in [5, 5.41) is 19.4. The van der Waals surface area contributed by atoms with Crippen molar-refractivity contribution in [3.63, 3.8) is 0 Å². The van der Waals surface area contributed by atoms with Crippen LogP contribution in [0.2, 0.25) is 0 Å². The number of carbonyl (C=O) groups is 1. The van der Waals surface area contributed by atoms with Gasteiger partial charge in [0.2, 0.25) is 5.88 Å². The predicted octanol–water partition coefficient (Wildman–Crippen LogP) is 5.42. The third kappa shape index (κ3) is 2.76. The predicted molar refractivity (Wildman–Crippen MR) is 103 cm³/mol. The molecule has 4 aromatic rings. The molecule has 0 aliphatic carbocycles. The third-order valence-corrected chi connectivity index (χ3v) is 4.78. The normalized spacial score (nSPS) is 11.6. The number of hydrogen-bond donors (Lipinski definition) is 2. The Morgan fingerprint density at radius 2 is 2.00 bits per heavy atom. The molecule has 2 aromatic carbocycles. The van der Waals surface area contributed by atoms with Crippen molar-refractivity contribution >= 4 is 49.3 Å². The Balaban J connectivity index is 1.74. The van der Waals surface area contributed by atoms with E-state index < -0.39 is 5.91 Å². The van der Waals surface area contributed by atoms with Gasteiger partial charge in [0.25, 0.3) is 5.91 Å². The first-order valence-electron chi connectivity index (χ1n) is 7.86. The lowest BCUT2D eigenvalue weighted by Crippen LogP contribution is -2.00. The van der Waals surface area contributed by atoms with Crippen LogP contribution in [0.15, 0.2) is 63.2 Å². The summed E-state index contributed by atoms with van der Waals surface area (Å²) < 4.78 is 0.785. The van der Waals surface area contributed by atoms with Crippen LogP contribution >= 0.6 is 15.9 Å². The largest absolute Gasteiger partial charge is 0.493 e. The quantitative estimate of drug-likeness (QED) is 0.434. The highest BCUT2D eigenvalue weighted by atomic mass is 79.9. The van der Waals surface area contributed by atoms with E-state index in [9.17, 15) is 9.90 Å². The van der Waals surface area contributed by atoms with Crippen molar-refractivity contribution in [3.05, 3.63) is 64.3 Å². The number of para-hydroxylation sites is 2. The van der Waals surface area contributed by atoms with Crippen LogP contribution < -0.4 is 0 Å². The molecular weight excluding hydrogens is 396 g/mol. The summed E-state index contributed by atoms with van der Waals surface area (Å²) in [5.74, 6) is -0.652. The van der Waals surface area contributed by atoms with Gasteiger partial charge in [0, 0.05) is 15.2 Å². The molecule has 0 spiro atoms. The molecule has 0 aliphatic rings. The molecule has 1 amide bonds. The standard InChI is InChI=1S/C19H13BrN4O2/c1-10-13(9-11-5-2-3-8-15(11)21-10)18(25)24-23-17-12-6-4-7-14(20)16(12)22-19(17)26/h2-9,22,26H,1H3. The summed E-state index contributed by atoms with van der Waals surface area (Å²) >= 11 is 3.40. The number of aryl methyl sites for hydroxylation is 1. The summed E-state index contributed by atoms with van der Waals surface area (Å²) in [4.78, 5) is 19.8. The van der Waals surface area contributed by atoms with Gasteiger partial charge in [0.1, 0.15) is 0 Å². The second kappa shape index (κ2) is 6.34. The van der Waals surface area contributed by atoms with Crippen LogP contribution in [0.5, 0.6) is 5.88 Å². The maximum absolute atomic E-state index is 12.5. The van der Waals surface area contributed by atoms with E-state index in [4.69, 9.17) is 0 Å². The maximum atomic E-state index is 12.5. The monoisotopic (exact) mass is 408 g/mol. The van der Waals surface area contributed by atoms with Gasteiger partial charge in [0.15, 0.2) is 5.69 Å². The van der Waals surface area contributed by atoms with Crippen LogP contribution in [0.4, 0.5) is 5.69 Å². The molecule has 0 saturated heterocycles. The number of hydrogen-bond acceptors (Lipinski definition) is 4. The summed E-state index contributed by atoms with van der Waals surface area (Å²) in [5.41, 5.74) is 2.69. The molecule has 2 heterocycles. The number of amides is 1. The number of nitrogens with one attached hydrogen (secondary N) is 1. The van der Waals surface area contributed by atoms with Crippen molar-refractivity contribution < 1.29 is 9.90 Å².